The van der Waals surface area contributed by atoms with E-state index in [4.69, 9.17) is 29.3 Å². The smallest absolute Gasteiger partial charge is 0.164 e. The molecule has 0 saturated carbocycles. The van der Waals surface area contributed by atoms with Crippen LogP contribution in [0.5, 0.6) is 0 Å². The number of methoxy groups -OCH3 is 2. The summed E-state index contributed by atoms with van der Waals surface area (Å²) in [7, 11) is 3.45. The van der Waals surface area contributed by atoms with Crippen LogP contribution in [-0.2, 0) is 33.8 Å². The van der Waals surface area contributed by atoms with E-state index in [0.29, 0.717) is 32.3 Å². The van der Waals surface area contributed by atoms with Gasteiger partial charge in [0.05, 0.1) is 36.9 Å². The Kier molecular flexibility index (Phi) is 9.71. The molecule has 0 amide bonds. The molecule has 4 rings (SSSR count). The van der Waals surface area contributed by atoms with Gasteiger partial charge in [0.15, 0.2) is 11.5 Å². The fourth-order valence-corrected chi connectivity index (χ4v) is 4.93. The average Bonchev–Trinajstić information content (AvgIpc) is 3.49. The van der Waals surface area contributed by atoms with Gasteiger partial charge in [-0.1, -0.05) is 32.1 Å². The molecule has 0 bridgehead atoms. The molecule has 9 nitrogen and oxygen atoms in total. The number of aromatic nitrogens is 5. The van der Waals surface area contributed by atoms with E-state index in [0.717, 1.165) is 77.9 Å². The summed E-state index contributed by atoms with van der Waals surface area (Å²) in [4.78, 5) is 12.6. The van der Waals surface area contributed by atoms with Gasteiger partial charge in [0.2, 0.25) is 0 Å². The number of hydrogen-bond acceptors (Lipinski definition) is 7. The molecule has 206 valence electrons. The average molecular weight is 523 g/mol. The number of nitrogens with zero attached hydrogens (tertiary/aromatic N) is 6. The van der Waals surface area contributed by atoms with E-state index in [1.165, 1.54) is 0 Å². The van der Waals surface area contributed by atoms with Gasteiger partial charge in [-0.05, 0) is 37.8 Å². The zero-order valence-electron chi connectivity index (χ0n) is 23.7. The molecule has 1 saturated heterocycles. The Bertz CT molecular complexity index is 1270. The summed E-state index contributed by atoms with van der Waals surface area (Å²) in [6, 6.07) is 4.22. The maximum Gasteiger partial charge on any atom is 0.164 e. The number of fused-ring (bicyclic) bond motifs is 1. The Balaban J connectivity index is 1.90. The first-order valence-corrected chi connectivity index (χ1v) is 13.7. The van der Waals surface area contributed by atoms with E-state index in [1.807, 2.05) is 11.6 Å². The quantitative estimate of drug-likeness (QED) is 0.249. The molecule has 3 aromatic rings. The van der Waals surface area contributed by atoms with Crippen molar-refractivity contribution in [2.45, 2.75) is 53.7 Å². The molecular formula is C29H42N6O3. The van der Waals surface area contributed by atoms with Gasteiger partial charge in [0.25, 0.3) is 0 Å². The van der Waals surface area contributed by atoms with Crippen molar-refractivity contribution in [1.82, 2.24) is 24.3 Å². The normalized spacial score (nSPS) is 15.0. The molecule has 38 heavy (non-hydrogen) atoms. The van der Waals surface area contributed by atoms with Gasteiger partial charge in [-0.15, -0.1) is 0 Å². The maximum absolute atomic E-state index is 5.66. The van der Waals surface area contributed by atoms with Crippen LogP contribution < -0.4 is 4.90 Å². The highest BCUT2D eigenvalue weighted by Crippen LogP contribution is 2.31. The van der Waals surface area contributed by atoms with E-state index in [1.54, 1.807) is 14.2 Å². The summed E-state index contributed by atoms with van der Waals surface area (Å²) in [6.07, 6.45) is 8.14. The summed E-state index contributed by atoms with van der Waals surface area (Å²) in [5, 5.41) is 5.05. The minimum atomic E-state index is 0.398. The van der Waals surface area contributed by atoms with Crippen molar-refractivity contribution in [3.05, 3.63) is 47.6 Å². The number of aryl methyl sites for hydroxylation is 2. The van der Waals surface area contributed by atoms with Crippen LogP contribution in [0.4, 0.5) is 5.69 Å². The van der Waals surface area contributed by atoms with Gasteiger partial charge in [0.1, 0.15) is 11.3 Å². The highest BCUT2D eigenvalue weighted by atomic mass is 16.5. The monoisotopic (exact) mass is 522 g/mol. The third kappa shape index (κ3) is 6.17. The summed E-state index contributed by atoms with van der Waals surface area (Å²) >= 11 is 0. The molecule has 0 aromatic carbocycles. The lowest BCUT2D eigenvalue weighted by Gasteiger charge is -2.29. The first-order chi connectivity index (χ1) is 18.5. The molecular weight excluding hydrogens is 480 g/mol. The van der Waals surface area contributed by atoms with E-state index in [-0.39, 0.29) is 0 Å². The molecule has 0 spiro atoms. The van der Waals surface area contributed by atoms with Gasteiger partial charge in [-0.3, -0.25) is 0 Å². The number of imidazole rings is 1. The number of anilines is 1. The molecule has 0 N–H and O–H groups in total. The Morgan fingerprint density at radius 1 is 1.13 bits per heavy atom. The Hall–Kier alpha value is -3.01. The van der Waals surface area contributed by atoms with E-state index in [9.17, 15) is 0 Å². The van der Waals surface area contributed by atoms with E-state index >= 15 is 0 Å². The maximum atomic E-state index is 5.66. The summed E-state index contributed by atoms with van der Waals surface area (Å²) < 4.78 is 20.7. The topological polar surface area (TPSA) is 79.5 Å². The Labute approximate surface area is 226 Å². The number of hydrogen-bond donors (Lipinski definition) is 0. The minimum absolute atomic E-state index is 0.398. The fraction of sp³-hybridized carbons (Fsp3) is 0.552. The van der Waals surface area contributed by atoms with Crippen LogP contribution in [0.25, 0.3) is 22.6 Å². The number of morpholine rings is 1. The number of allylic oxidation sites excluding steroid dienone is 4. The van der Waals surface area contributed by atoms with Gasteiger partial charge >= 0.3 is 0 Å². The second-order valence-corrected chi connectivity index (χ2v) is 9.87. The lowest BCUT2D eigenvalue weighted by molar-refractivity contribution is 0.123. The highest BCUT2D eigenvalue weighted by Gasteiger charge is 2.23. The van der Waals surface area contributed by atoms with Crippen molar-refractivity contribution in [2.75, 3.05) is 52.0 Å². The molecule has 3 aromatic heterocycles. The van der Waals surface area contributed by atoms with Crippen LogP contribution in [0.2, 0.25) is 0 Å². The Morgan fingerprint density at radius 3 is 2.58 bits per heavy atom. The standard InChI is InChI=1S/C29H42N6O3/c1-7-10-22(17-21(3)4)24-18-23(20-37-6)35(32-24)27-19-25(33-12-15-38-16-13-33)28-29(31-27)34(8-2)26(30-28)11-9-14-36-5/h7,10,17-19,21H,8-9,11-16,20H2,1-6H3/b10-7-,22-17+. The first kappa shape index (κ1) is 28.0. The predicted octanol–water partition coefficient (Wildman–Crippen LogP) is 4.81. The van der Waals surface area contributed by atoms with Crippen LogP contribution >= 0.6 is 0 Å². The van der Waals surface area contributed by atoms with Crippen molar-refractivity contribution in [2.24, 2.45) is 5.92 Å². The third-order valence-electron chi connectivity index (χ3n) is 6.61. The summed E-state index contributed by atoms with van der Waals surface area (Å²) in [5.74, 6) is 2.20. The van der Waals surface area contributed by atoms with Gasteiger partial charge in [0, 0.05) is 52.9 Å². The number of ether oxygens (including phenoxy) is 3. The second kappa shape index (κ2) is 13.2. The molecule has 9 heteroatoms. The van der Waals surface area contributed by atoms with Gasteiger partial charge < -0.3 is 23.7 Å². The first-order valence-electron chi connectivity index (χ1n) is 13.7. The molecule has 0 aliphatic carbocycles. The predicted molar refractivity (Wildman–Crippen MR) is 152 cm³/mol. The summed E-state index contributed by atoms with van der Waals surface area (Å²) in [5.41, 5.74) is 5.82. The molecule has 4 heterocycles. The molecule has 0 unspecified atom stereocenters. The van der Waals surface area contributed by atoms with Crippen LogP contribution in [0.1, 0.15) is 51.3 Å². The number of rotatable bonds is 12. The van der Waals surface area contributed by atoms with Crippen molar-refractivity contribution >= 4 is 22.4 Å². The molecule has 1 fully saturated rings. The third-order valence-corrected chi connectivity index (χ3v) is 6.61. The molecule has 0 atom stereocenters. The summed E-state index contributed by atoms with van der Waals surface area (Å²) in [6.45, 7) is 13.5. The number of pyridine rings is 1. The fourth-order valence-electron chi connectivity index (χ4n) is 4.93. The van der Waals surface area contributed by atoms with Crippen molar-refractivity contribution < 1.29 is 14.2 Å². The largest absolute Gasteiger partial charge is 0.385 e. The van der Waals surface area contributed by atoms with Crippen molar-refractivity contribution in [3.8, 4) is 5.82 Å². The van der Waals surface area contributed by atoms with E-state index < -0.39 is 0 Å². The van der Waals surface area contributed by atoms with Crippen molar-refractivity contribution in [3.63, 3.8) is 0 Å². The highest BCUT2D eigenvalue weighted by molar-refractivity contribution is 5.88. The van der Waals surface area contributed by atoms with Crippen LogP contribution in [0.15, 0.2) is 30.4 Å². The lowest BCUT2D eigenvalue weighted by atomic mass is 10.1. The van der Waals surface area contributed by atoms with Crippen molar-refractivity contribution in [1.29, 1.82) is 0 Å². The van der Waals surface area contributed by atoms with Crippen LogP contribution in [-0.4, -0.2) is 71.4 Å². The SMILES string of the molecule is C/C=C\C(=C/C(C)C)c1cc(COC)n(-c2cc(N3CCOCC3)c3nc(CCCOC)n(CC)c3n2)n1. The van der Waals surface area contributed by atoms with Crippen LogP contribution in [0.3, 0.4) is 0 Å². The molecule has 1 aliphatic rings. The zero-order valence-corrected chi connectivity index (χ0v) is 23.7. The van der Waals surface area contributed by atoms with E-state index in [2.05, 4.69) is 60.6 Å². The van der Waals surface area contributed by atoms with Crippen LogP contribution in [0, 0.1) is 5.92 Å². The lowest BCUT2D eigenvalue weighted by Crippen LogP contribution is -2.36. The zero-order chi connectivity index (χ0) is 27.1. The Morgan fingerprint density at radius 2 is 1.92 bits per heavy atom. The second-order valence-electron chi connectivity index (χ2n) is 9.87. The van der Waals surface area contributed by atoms with Gasteiger partial charge in [-0.25, -0.2) is 14.6 Å². The molecule has 1 aliphatic heterocycles. The van der Waals surface area contributed by atoms with Gasteiger partial charge in [-0.2, -0.15) is 5.10 Å². The minimum Gasteiger partial charge on any atom is -0.385 e. The molecule has 0 radical (unpaired) electrons.